The number of likely N-dealkylation sites (N-methyl/N-ethyl adjacent to an activating group) is 1. The molecule has 0 aromatic heterocycles. The van der Waals surface area contributed by atoms with Crippen molar-refractivity contribution in [2.75, 3.05) is 32.6 Å². The molecule has 1 saturated heterocycles. The molecule has 2 heterocycles. The molecule has 1 aromatic carbocycles. The van der Waals surface area contributed by atoms with Crippen LogP contribution in [0.4, 0.5) is 10.5 Å². The van der Waals surface area contributed by atoms with Crippen LogP contribution in [0.25, 0.3) is 0 Å². The minimum absolute atomic E-state index is 0.326. The second kappa shape index (κ2) is 8.28. The van der Waals surface area contributed by atoms with Crippen LogP contribution < -0.4 is 15.6 Å². The van der Waals surface area contributed by atoms with Gasteiger partial charge in [0.2, 0.25) is 5.96 Å². The minimum atomic E-state index is -0.546. The first kappa shape index (κ1) is 19.7. The number of rotatable bonds is 6. The Kier molecular flexibility index (Phi) is 5.81. The first-order valence-corrected chi connectivity index (χ1v) is 9.41. The summed E-state index contributed by atoms with van der Waals surface area (Å²) in [6, 6.07) is 7.02. The quantitative estimate of drug-likeness (QED) is 0.564. The van der Waals surface area contributed by atoms with E-state index in [9.17, 15) is 9.59 Å². The Morgan fingerprint density at radius 2 is 2.00 bits per heavy atom. The Hall–Kier alpha value is -3.10. The van der Waals surface area contributed by atoms with E-state index in [0.717, 1.165) is 24.1 Å². The van der Waals surface area contributed by atoms with E-state index in [1.165, 1.54) is 4.90 Å². The molecule has 28 heavy (non-hydrogen) atoms. The van der Waals surface area contributed by atoms with E-state index < -0.39 is 18.2 Å². The molecule has 2 N–H and O–H groups in total. The molecule has 1 fully saturated rings. The Balaban J connectivity index is 1.74. The third kappa shape index (κ3) is 3.92. The minimum Gasteiger partial charge on any atom is -0.378 e. The van der Waals surface area contributed by atoms with Gasteiger partial charge in [-0.3, -0.25) is 10.1 Å². The number of urea groups is 1. The number of nitrogens with zero attached hydrogens (tertiary/aromatic N) is 5. The van der Waals surface area contributed by atoms with Crippen LogP contribution in [0.5, 0.6) is 0 Å². The van der Waals surface area contributed by atoms with Crippen molar-refractivity contribution in [3.63, 3.8) is 0 Å². The van der Waals surface area contributed by atoms with Gasteiger partial charge in [-0.2, -0.15) is 5.10 Å². The third-order valence-corrected chi connectivity index (χ3v) is 4.90. The summed E-state index contributed by atoms with van der Waals surface area (Å²) in [5.74, 6) is 0.175. The zero-order valence-corrected chi connectivity index (χ0v) is 16.7. The molecule has 2 aliphatic rings. The SMILES string of the molecule is CCCCN1C(N/N=C/c2ccc(N(C)C)cc2)=NC2C1C(=O)NC(=O)N2C. The van der Waals surface area contributed by atoms with Crippen LogP contribution in [0.15, 0.2) is 34.4 Å². The van der Waals surface area contributed by atoms with Crippen LogP contribution in [-0.2, 0) is 4.79 Å². The number of nitrogens with one attached hydrogen (secondary N) is 2. The van der Waals surface area contributed by atoms with Crippen molar-refractivity contribution in [2.24, 2.45) is 10.1 Å². The third-order valence-electron chi connectivity index (χ3n) is 4.90. The van der Waals surface area contributed by atoms with Gasteiger partial charge in [0.15, 0.2) is 12.2 Å². The maximum absolute atomic E-state index is 12.4. The zero-order valence-electron chi connectivity index (χ0n) is 16.7. The van der Waals surface area contributed by atoms with E-state index in [4.69, 9.17) is 0 Å². The molecule has 3 rings (SSSR count). The number of fused-ring (bicyclic) bond motifs is 1. The Morgan fingerprint density at radius 3 is 2.64 bits per heavy atom. The predicted molar refractivity (Wildman–Crippen MR) is 109 cm³/mol. The summed E-state index contributed by atoms with van der Waals surface area (Å²) in [6.45, 7) is 2.75. The number of unbranched alkanes of at least 4 members (excludes halogenated alkanes) is 1. The highest BCUT2D eigenvalue weighted by Crippen LogP contribution is 2.23. The van der Waals surface area contributed by atoms with Crippen LogP contribution in [0, 0.1) is 0 Å². The number of carbonyl (C=O) groups is 2. The molecule has 2 aliphatic heterocycles. The van der Waals surface area contributed by atoms with Crippen molar-refractivity contribution in [1.82, 2.24) is 20.5 Å². The van der Waals surface area contributed by atoms with Gasteiger partial charge in [-0.25, -0.2) is 15.2 Å². The largest absolute Gasteiger partial charge is 0.378 e. The van der Waals surface area contributed by atoms with E-state index in [1.807, 2.05) is 48.2 Å². The summed E-state index contributed by atoms with van der Waals surface area (Å²) in [5, 5.41) is 6.67. The number of hydrogen-bond donors (Lipinski definition) is 2. The summed E-state index contributed by atoms with van der Waals surface area (Å²) in [4.78, 5) is 34.2. The average molecular weight is 385 g/mol. The number of aliphatic imine (C=N–C) groups is 1. The van der Waals surface area contributed by atoms with Crippen molar-refractivity contribution in [3.05, 3.63) is 29.8 Å². The highest BCUT2D eigenvalue weighted by Gasteiger charge is 2.48. The van der Waals surface area contributed by atoms with Crippen molar-refractivity contribution in [3.8, 4) is 0 Å². The molecule has 0 aliphatic carbocycles. The lowest BCUT2D eigenvalue weighted by Crippen LogP contribution is -2.64. The summed E-state index contributed by atoms with van der Waals surface area (Å²) in [7, 11) is 5.62. The molecule has 9 nitrogen and oxygen atoms in total. The van der Waals surface area contributed by atoms with Crippen LogP contribution in [0.3, 0.4) is 0 Å². The maximum Gasteiger partial charge on any atom is 0.325 e. The highest BCUT2D eigenvalue weighted by molar-refractivity contribution is 6.03. The molecule has 150 valence electrons. The van der Waals surface area contributed by atoms with Crippen LogP contribution in [0.1, 0.15) is 25.3 Å². The van der Waals surface area contributed by atoms with E-state index in [-0.39, 0.29) is 5.91 Å². The molecule has 2 atom stereocenters. The van der Waals surface area contributed by atoms with Gasteiger partial charge >= 0.3 is 6.03 Å². The van der Waals surface area contributed by atoms with Crippen LogP contribution >= 0.6 is 0 Å². The van der Waals surface area contributed by atoms with Gasteiger partial charge in [-0.05, 0) is 24.1 Å². The number of hydrazone groups is 1. The average Bonchev–Trinajstić information content (AvgIpc) is 3.04. The molecule has 0 radical (unpaired) electrons. The van der Waals surface area contributed by atoms with E-state index in [1.54, 1.807) is 13.3 Å². The lowest BCUT2D eigenvalue weighted by atomic mass is 10.1. The van der Waals surface area contributed by atoms with Gasteiger partial charge in [0.25, 0.3) is 5.91 Å². The molecule has 0 bridgehead atoms. The van der Waals surface area contributed by atoms with E-state index in [0.29, 0.717) is 12.5 Å². The van der Waals surface area contributed by atoms with Crippen LogP contribution in [-0.4, -0.2) is 73.8 Å². The Bertz CT molecular complexity index is 788. The lowest BCUT2D eigenvalue weighted by Gasteiger charge is -2.36. The summed E-state index contributed by atoms with van der Waals surface area (Å²) < 4.78 is 0. The van der Waals surface area contributed by atoms with Gasteiger partial charge in [0.05, 0.1) is 6.21 Å². The number of carbonyl (C=O) groups excluding carboxylic acids is 2. The molecule has 1 aromatic rings. The molecular formula is C19H27N7O2. The summed E-state index contributed by atoms with van der Waals surface area (Å²) >= 11 is 0. The molecule has 0 saturated carbocycles. The first-order chi connectivity index (χ1) is 13.4. The summed E-state index contributed by atoms with van der Waals surface area (Å²) in [6.07, 6.45) is 3.05. The van der Waals surface area contributed by atoms with Gasteiger partial charge in [0.1, 0.15) is 0 Å². The molecule has 3 amide bonds. The fraction of sp³-hybridized carbons (Fsp3) is 0.474. The highest BCUT2D eigenvalue weighted by atomic mass is 16.2. The number of anilines is 1. The van der Waals surface area contributed by atoms with Crippen molar-refractivity contribution in [2.45, 2.75) is 32.0 Å². The molecule has 9 heteroatoms. The molecule has 0 spiro atoms. The topological polar surface area (TPSA) is 92.6 Å². The van der Waals surface area contributed by atoms with Crippen molar-refractivity contribution >= 4 is 29.8 Å². The second-order valence-corrected chi connectivity index (χ2v) is 7.12. The Morgan fingerprint density at radius 1 is 1.29 bits per heavy atom. The maximum atomic E-state index is 12.4. The van der Waals surface area contributed by atoms with Gasteiger partial charge in [-0.15, -0.1) is 0 Å². The smallest absolute Gasteiger partial charge is 0.325 e. The van der Waals surface area contributed by atoms with Crippen molar-refractivity contribution in [1.29, 1.82) is 0 Å². The zero-order chi connectivity index (χ0) is 20.3. The van der Waals surface area contributed by atoms with E-state index in [2.05, 4.69) is 27.8 Å². The molecular weight excluding hydrogens is 358 g/mol. The van der Waals surface area contributed by atoms with E-state index >= 15 is 0 Å². The standard InChI is InChI=1S/C19H27N7O2/c1-5-6-11-26-15-16(25(4)19(28)22-17(15)27)21-18(26)23-20-12-13-7-9-14(10-8-13)24(2)3/h7-10,12,15-16H,5-6,11H2,1-4H3,(H,21,23)(H,22,27,28)/b20-12+. The number of imide groups is 1. The normalized spacial score (nSPS) is 21.6. The fourth-order valence-electron chi connectivity index (χ4n) is 3.22. The number of amides is 3. The Labute approximate surface area is 165 Å². The fourth-order valence-corrected chi connectivity index (χ4v) is 3.22. The van der Waals surface area contributed by atoms with Crippen LogP contribution in [0.2, 0.25) is 0 Å². The number of benzene rings is 1. The predicted octanol–water partition coefficient (Wildman–Crippen LogP) is 1.02. The first-order valence-electron chi connectivity index (χ1n) is 9.41. The second-order valence-electron chi connectivity index (χ2n) is 7.12. The molecule has 2 unspecified atom stereocenters. The van der Waals surface area contributed by atoms with Gasteiger partial charge in [0, 0.05) is 33.4 Å². The number of hydrogen-bond acceptors (Lipinski definition) is 7. The van der Waals surface area contributed by atoms with Crippen molar-refractivity contribution < 1.29 is 9.59 Å². The lowest BCUT2D eigenvalue weighted by molar-refractivity contribution is -0.127. The number of guanidine groups is 1. The summed E-state index contributed by atoms with van der Waals surface area (Å²) in [5.41, 5.74) is 5.01. The monoisotopic (exact) mass is 385 g/mol. The van der Waals surface area contributed by atoms with Gasteiger partial charge < -0.3 is 14.7 Å². The van der Waals surface area contributed by atoms with Gasteiger partial charge in [-0.1, -0.05) is 25.5 Å².